The fourth-order valence-corrected chi connectivity index (χ4v) is 3.56. The molecule has 2 heterocycles. The highest BCUT2D eigenvalue weighted by molar-refractivity contribution is 7.80. The van der Waals surface area contributed by atoms with Gasteiger partial charge in [-0.1, -0.05) is 55.9 Å². The minimum Gasteiger partial charge on any atom is -0.358 e. The molecule has 7 nitrogen and oxygen atoms in total. The van der Waals surface area contributed by atoms with Gasteiger partial charge in [0.05, 0.1) is 0 Å². The van der Waals surface area contributed by atoms with Crippen molar-refractivity contribution < 1.29 is 4.79 Å². The Bertz CT molecular complexity index is 931. The van der Waals surface area contributed by atoms with E-state index >= 15 is 0 Å². The first-order chi connectivity index (χ1) is 13.1. The van der Waals surface area contributed by atoms with Crippen LogP contribution >= 0.6 is 23.6 Å². The van der Waals surface area contributed by atoms with Crippen LogP contribution in [0.15, 0.2) is 24.3 Å². The van der Waals surface area contributed by atoms with Crippen LogP contribution in [0.2, 0.25) is 0 Å². The summed E-state index contributed by atoms with van der Waals surface area (Å²) in [5, 5.41) is 19.9. The van der Waals surface area contributed by atoms with Crippen molar-refractivity contribution in [2.75, 3.05) is 0 Å². The predicted molar refractivity (Wildman–Crippen MR) is 111 cm³/mol. The Morgan fingerprint density at radius 2 is 2.00 bits per heavy atom. The van der Waals surface area contributed by atoms with Crippen LogP contribution in [0.5, 0.6) is 0 Å². The molecule has 3 aromatic rings. The monoisotopic (exact) mass is 402 g/mol. The molecule has 0 bridgehead atoms. The first-order valence-corrected chi connectivity index (χ1v) is 10.2. The van der Waals surface area contributed by atoms with E-state index in [9.17, 15) is 4.79 Å². The van der Waals surface area contributed by atoms with E-state index in [0.717, 1.165) is 46.2 Å². The third-order valence-electron chi connectivity index (χ3n) is 4.04. The van der Waals surface area contributed by atoms with Crippen LogP contribution in [0.3, 0.4) is 0 Å². The second-order valence-electron chi connectivity index (χ2n) is 6.10. The molecule has 2 N–H and O–H groups in total. The minimum atomic E-state index is -0.0422. The summed E-state index contributed by atoms with van der Waals surface area (Å²) in [5.41, 5.74) is 2.10. The largest absolute Gasteiger partial charge is 0.358 e. The van der Waals surface area contributed by atoms with Crippen molar-refractivity contribution in [3.63, 3.8) is 0 Å². The Balaban J connectivity index is 1.57. The lowest BCUT2D eigenvalue weighted by Gasteiger charge is -2.09. The molecule has 9 heteroatoms. The predicted octanol–water partition coefficient (Wildman–Crippen LogP) is 3.10. The molecule has 0 aliphatic rings. The Morgan fingerprint density at radius 3 is 2.70 bits per heavy atom. The summed E-state index contributed by atoms with van der Waals surface area (Å²) in [7, 11) is 0. The number of rotatable bonds is 7. The lowest BCUT2D eigenvalue weighted by molar-refractivity contribution is -0.119. The van der Waals surface area contributed by atoms with E-state index in [-0.39, 0.29) is 5.91 Å². The van der Waals surface area contributed by atoms with Gasteiger partial charge in [0.25, 0.3) is 0 Å². The average Bonchev–Trinajstić information content (AvgIpc) is 3.25. The summed E-state index contributed by atoms with van der Waals surface area (Å²) in [6.45, 7) is 4.64. The number of carbonyl (C=O) groups is 1. The molecule has 142 valence electrons. The lowest BCUT2D eigenvalue weighted by Crippen LogP contribution is -2.38. The first kappa shape index (κ1) is 19.4. The van der Waals surface area contributed by atoms with Crippen LogP contribution in [-0.4, -0.2) is 30.8 Å². The van der Waals surface area contributed by atoms with Crippen molar-refractivity contribution in [2.24, 2.45) is 0 Å². The summed E-state index contributed by atoms with van der Waals surface area (Å²) in [6, 6.07) is 8.09. The van der Waals surface area contributed by atoms with Gasteiger partial charge >= 0.3 is 0 Å². The molecule has 1 aromatic carbocycles. The van der Waals surface area contributed by atoms with Gasteiger partial charge in [-0.25, -0.2) is 0 Å². The van der Waals surface area contributed by atoms with Crippen LogP contribution in [-0.2, 0) is 17.8 Å². The van der Waals surface area contributed by atoms with Crippen molar-refractivity contribution >= 4 is 39.5 Å². The van der Waals surface area contributed by atoms with Crippen LogP contribution in [0.4, 0.5) is 0 Å². The van der Waals surface area contributed by atoms with Gasteiger partial charge < -0.3 is 10.6 Å². The highest BCUT2D eigenvalue weighted by atomic mass is 32.1. The molecule has 0 radical (unpaired) electrons. The summed E-state index contributed by atoms with van der Waals surface area (Å²) < 4.78 is 1.80. The van der Waals surface area contributed by atoms with E-state index in [4.69, 9.17) is 12.2 Å². The van der Waals surface area contributed by atoms with Crippen molar-refractivity contribution in [2.45, 2.75) is 46.1 Å². The lowest BCUT2D eigenvalue weighted by atomic mass is 10.1. The smallest absolute Gasteiger partial charge is 0.234 e. The number of amides is 1. The van der Waals surface area contributed by atoms with Crippen LogP contribution in [0.1, 0.15) is 44.5 Å². The number of aromatic nitrogens is 4. The van der Waals surface area contributed by atoms with Gasteiger partial charge in [0.1, 0.15) is 5.01 Å². The van der Waals surface area contributed by atoms with Crippen molar-refractivity contribution in [3.05, 3.63) is 35.7 Å². The van der Waals surface area contributed by atoms with Gasteiger partial charge in [-0.15, -0.1) is 10.2 Å². The molecule has 0 saturated carbocycles. The first-order valence-electron chi connectivity index (χ1n) is 8.98. The van der Waals surface area contributed by atoms with Crippen LogP contribution in [0, 0.1) is 0 Å². The van der Waals surface area contributed by atoms with E-state index in [2.05, 4.69) is 32.9 Å². The van der Waals surface area contributed by atoms with Gasteiger partial charge in [-0.2, -0.15) is 9.61 Å². The SMILES string of the molecule is CCCCC(=O)NC(=S)NCc1ccc(-c2nn3c(CC)nnc3s2)cc1. The third-order valence-corrected chi connectivity index (χ3v) is 5.23. The molecule has 27 heavy (non-hydrogen) atoms. The summed E-state index contributed by atoms with van der Waals surface area (Å²) >= 11 is 6.68. The van der Waals surface area contributed by atoms with Crippen molar-refractivity contribution in [1.29, 1.82) is 0 Å². The van der Waals surface area contributed by atoms with E-state index in [1.165, 1.54) is 11.3 Å². The zero-order valence-corrected chi connectivity index (χ0v) is 17.0. The van der Waals surface area contributed by atoms with Crippen LogP contribution < -0.4 is 10.6 Å². The molecule has 0 unspecified atom stereocenters. The number of hydrogen-bond donors (Lipinski definition) is 2. The maximum atomic E-state index is 11.7. The third kappa shape index (κ3) is 4.86. The highest BCUT2D eigenvalue weighted by Gasteiger charge is 2.11. The van der Waals surface area contributed by atoms with E-state index in [1.807, 2.05) is 31.2 Å². The second-order valence-corrected chi connectivity index (χ2v) is 7.47. The van der Waals surface area contributed by atoms with E-state index in [1.54, 1.807) is 4.52 Å². The van der Waals surface area contributed by atoms with Crippen molar-refractivity contribution in [1.82, 2.24) is 30.4 Å². The van der Waals surface area contributed by atoms with Gasteiger partial charge in [0.15, 0.2) is 10.9 Å². The Labute approximate surface area is 167 Å². The summed E-state index contributed by atoms with van der Waals surface area (Å²) in [5.74, 6) is 0.822. The van der Waals surface area contributed by atoms with Gasteiger partial charge in [-0.3, -0.25) is 4.79 Å². The molecule has 0 aliphatic heterocycles. The molecule has 0 saturated heterocycles. The maximum Gasteiger partial charge on any atom is 0.234 e. The molecule has 1 amide bonds. The summed E-state index contributed by atoms with van der Waals surface area (Å²) in [6.07, 6.45) is 3.15. The zero-order valence-electron chi connectivity index (χ0n) is 15.4. The normalized spacial score (nSPS) is 10.9. The number of aryl methyl sites for hydroxylation is 1. The number of fused-ring (bicyclic) bond motifs is 1. The van der Waals surface area contributed by atoms with E-state index in [0.29, 0.717) is 18.1 Å². The molecule has 2 aromatic heterocycles. The number of unbranched alkanes of at least 4 members (excludes halogenated alkanes) is 1. The fourth-order valence-electron chi connectivity index (χ4n) is 2.51. The second kappa shape index (κ2) is 9.01. The maximum absolute atomic E-state index is 11.7. The van der Waals surface area contributed by atoms with Gasteiger partial charge in [-0.05, 0) is 24.2 Å². The molecular formula is C18H22N6OS2. The number of benzene rings is 1. The summed E-state index contributed by atoms with van der Waals surface area (Å²) in [4.78, 5) is 12.5. The van der Waals surface area contributed by atoms with Crippen LogP contribution in [0.25, 0.3) is 15.5 Å². The Morgan fingerprint density at radius 1 is 1.22 bits per heavy atom. The highest BCUT2D eigenvalue weighted by Crippen LogP contribution is 2.25. The average molecular weight is 403 g/mol. The van der Waals surface area contributed by atoms with Gasteiger partial charge in [0, 0.05) is 24.9 Å². The standard InChI is InChI=1S/C18H22N6OS2/c1-3-5-6-15(25)20-17(26)19-11-12-7-9-13(10-8-12)16-23-24-14(4-2)21-22-18(24)27-16/h7-10H,3-6,11H2,1-2H3,(H2,19,20,25,26). The Hall–Kier alpha value is -2.39. The quantitative estimate of drug-likeness (QED) is 0.591. The molecule has 0 aliphatic carbocycles. The van der Waals surface area contributed by atoms with E-state index < -0.39 is 0 Å². The molecule has 0 spiro atoms. The van der Waals surface area contributed by atoms with Crippen molar-refractivity contribution in [3.8, 4) is 10.6 Å². The molecule has 0 atom stereocenters. The Kier molecular flexibility index (Phi) is 6.46. The minimum absolute atomic E-state index is 0.0422. The molecule has 0 fully saturated rings. The van der Waals surface area contributed by atoms with Gasteiger partial charge in [0.2, 0.25) is 10.9 Å². The topological polar surface area (TPSA) is 84.2 Å². The number of nitrogens with zero attached hydrogens (tertiary/aromatic N) is 4. The molecular weight excluding hydrogens is 380 g/mol. The molecule has 3 rings (SSSR count). The zero-order chi connectivity index (χ0) is 19.2. The number of thiocarbonyl (C=S) groups is 1. The number of carbonyl (C=O) groups excluding carboxylic acids is 1. The number of hydrogen-bond acceptors (Lipinski definition) is 6. The number of nitrogens with one attached hydrogen (secondary N) is 2. The fraction of sp³-hybridized carbons (Fsp3) is 0.389.